The van der Waals surface area contributed by atoms with Crippen LogP contribution < -0.4 is 0 Å². The van der Waals surface area contributed by atoms with Gasteiger partial charge >= 0.3 is 12.1 Å². The van der Waals surface area contributed by atoms with Crippen molar-refractivity contribution in [2.24, 2.45) is 0 Å². The van der Waals surface area contributed by atoms with Gasteiger partial charge in [-0.3, -0.25) is 0 Å². The van der Waals surface area contributed by atoms with E-state index in [1.165, 1.54) is 31.4 Å². The Morgan fingerprint density at radius 1 is 1.44 bits per heavy atom. The van der Waals surface area contributed by atoms with E-state index in [0.29, 0.717) is 16.7 Å². The minimum absolute atomic E-state index is 0.245. The number of methoxy groups -OCH3 is 1. The SMILES string of the molecule is COC(=O)c1cccc(SCC(F)(F)F)c1. The number of alkyl halides is 3. The zero-order valence-corrected chi connectivity index (χ0v) is 9.19. The fourth-order valence-corrected chi connectivity index (χ4v) is 1.71. The van der Waals surface area contributed by atoms with Crippen molar-refractivity contribution >= 4 is 17.7 Å². The number of hydrogen-bond donors (Lipinski definition) is 0. The molecule has 0 saturated heterocycles. The summed E-state index contributed by atoms with van der Waals surface area (Å²) in [6.45, 7) is 0. The zero-order valence-electron chi connectivity index (χ0n) is 8.38. The van der Waals surface area contributed by atoms with Gasteiger partial charge in [0, 0.05) is 4.90 Å². The third-order valence-corrected chi connectivity index (χ3v) is 2.72. The maximum atomic E-state index is 12.0. The van der Waals surface area contributed by atoms with E-state index >= 15 is 0 Å². The molecule has 0 unspecified atom stereocenters. The molecule has 0 amide bonds. The molecule has 0 N–H and O–H groups in total. The predicted octanol–water partition coefficient (Wildman–Crippen LogP) is 3.13. The second-order valence-corrected chi connectivity index (χ2v) is 3.97. The van der Waals surface area contributed by atoms with Crippen LogP contribution in [-0.2, 0) is 4.74 Å². The molecule has 1 rings (SSSR count). The maximum Gasteiger partial charge on any atom is 0.398 e. The van der Waals surface area contributed by atoms with Crippen LogP contribution in [0.25, 0.3) is 0 Å². The van der Waals surface area contributed by atoms with Crippen LogP contribution >= 0.6 is 11.8 Å². The Labute approximate surface area is 94.8 Å². The molecule has 0 heterocycles. The van der Waals surface area contributed by atoms with Gasteiger partial charge in [0.05, 0.1) is 18.4 Å². The van der Waals surface area contributed by atoms with Crippen LogP contribution in [0.4, 0.5) is 13.2 Å². The molecule has 0 aromatic heterocycles. The highest BCUT2D eigenvalue weighted by atomic mass is 32.2. The monoisotopic (exact) mass is 250 g/mol. The number of benzene rings is 1. The lowest BCUT2D eigenvalue weighted by Crippen LogP contribution is -2.10. The molecular formula is C10H9F3O2S. The molecule has 1 aromatic rings. The Kier molecular flexibility index (Phi) is 4.23. The minimum Gasteiger partial charge on any atom is -0.465 e. The van der Waals surface area contributed by atoms with E-state index in [-0.39, 0.29) is 5.56 Å². The molecule has 0 aliphatic heterocycles. The first kappa shape index (κ1) is 12.9. The summed E-state index contributed by atoms with van der Waals surface area (Å²) in [5, 5.41) is 0. The fraction of sp³-hybridized carbons (Fsp3) is 0.300. The Bertz CT molecular complexity index is 377. The van der Waals surface area contributed by atoms with Crippen molar-refractivity contribution in [2.75, 3.05) is 12.9 Å². The lowest BCUT2D eigenvalue weighted by Gasteiger charge is -2.06. The Morgan fingerprint density at radius 3 is 2.69 bits per heavy atom. The van der Waals surface area contributed by atoms with Crippen molar-refractivity contribution in [3.8, 4) is 0 Å². The molecule has 0 aliphatic rings. The van der Waals surface area contributed by atoms with E-state index in [9.17, 15) is 18.0 Å². The highest BCUT2D eigenvalue weighted by molar-refractivity contribution is 7.99. The lowest BCUT2D eigenvalue weighted by atomic mass is 10.2. The summed E-state index contributed by atoms with van der Waals surface area (Å²) >= 11 is 0.637. The quantitative estimate of drug-likeness (QED) is 0.609. The van der Waals surface area contributed by atoms with E-state index in [2.05, 4.69) is 4.74 Å². The summed E-state index contributed by atoms with van der Waals surface area (Å²) in [4.78, 5) is 11.5. The molecule has 0 saturated carbocycles. The number of carbonyl (C=O) groups excluding carboxylic acids is 1. The van der Waals surface area contributed by atoms with Crippen LogP contribution in [0.5, 0.6) is 0 Å². The number of halogens is 3. The standard InChI is InChI=1S/C10H9F3O2S/c1-15-9(14)7-3-2-4-8(5-7)16-6-10(11,12)13/h2-5H,6H2,1H3. The van der Waals surface area contributed by atoms with Crippen LogP contribution in [0.15, 0.2) is 29.2 Å². The highest BCUT2D eigenvalue weighted by Crippen LogP contribution is 2.27. The van der Waals surface area contributed by atoms with Crippen molar-refractivity contribution in [1.29, 1.82) is 0 Å². The van der Waals surface area contributed by atoms with Crippen LogP contribution in [0.1, 0.15) is 10.4 Å². The summed E-state index contributed by atoms with van der Waals surface area (Å²) in [6.07, 6.45) is -4.22. The number of hydrogen-bond acceptors (Lipinski definition) is 3. The summed E-state index contributed by atoms with van der Waals surface area (Å²) in [5.74, 6) is -1.54. The van der Waals surface area contributed by atoms with E-state index in [1.54, 1.807) is 0 Å². The molecule has 88 valence electrons. The van der Waals surface area contributed by atoms with Gasteiger partial charge in [0.2, 0.25) is 0 Å². The van der Waals surface area contributed by atoms with Crippen LogP contribution in [0.2, 0.25) is 0 Å². The second-order valence-electron chi connectivity index (χ2n) is 2.92. The number of esters is 1. The normalized spacial score (nSPS) is 11.2. The zero-order chi connectivity index (χ0) is 12.2. The average Bonchev–Trinajstić information content (AvgIpc) is 2.25. The number of carbonyl (C=O) groups is 1. The van der Waals surface area contributed by atoms with Crippen molar-refractivity contribution in [1.82, 2.24) is 0 Å². The Morgan fingerprint density at radius 2 is 2.12 bits per heavy atom. The van der Waals surface area contributed by atoms with Crippen molar-refractivity contribution in [2.45, 2.75) is 11.1 Å². The smallest absolute Gasteiger partial charge is 0.398 e. The van der Waals surface area contributed by atoms with Gasteiger partial charge in [-0.15, -0.1) is 11.8 Å². The molecule has 6 heteroatoms. The number of ether oxygens (including phenoxy) is 1. The van der Waals surface area contributed by atoms with Gasteiger partial charge in [-0.2, -0.15) is 13.2 Å². The third-order valence-electron chi connectivity index (χ3n) is 1.66. The highest BCUT2D eigenvalue weighted by Gasteiger charge is 2.27. The predicted molar refractivity (Wildman–Crippen MR) is 54.6 cm³/mol. The third kappa shape index (κ3) is 4.14. The van der Waals surface area contributed by atoms with Gasteiger partial charge in [-0.05, 0) is 18.2 Å². The average molecular weight is 250 g/mol. The molecule has 0 spiro atoms. The molecule has 16 heavy (non-hydrogen) atoms. The van der Waals surface area contributed by atoms with Gasteiger partial charge in [0.1, 0.15) is 0 Å². The summed E-state index contributed by atoms with van der Waals surface area (Å²) in [6, 6.07) is 5.90. The Hall–Kier alpha value is -1.17. The molecular weight excluding hydrogens is 241 g/mol. The summed E-state index contributed by atoms with van der Waals surface area (Å²) in [7, 11) is 1.22. The summed E-state index contributed by atoms with van der Waals surface area (Å²) < 4.78 is 40.3. The van der Waals surface area contributed by atoms with Crippen LogP contribution in [-0.4, -0.2) is 25.0 Å². The second kappa shape index (κ2) is 5.25. The van der Waals surface area contributed by atoms with E-state index < -0.39 is 17.9 Å². The van der Waals surface area contributed by atoms with Gasteiger partial charge in [-0.25, -0.2) is 4.79 Å². The van der Waals surface area contributed by atoms with Crippen molar-refractivity contribution < 1.29 is 22.7 Å². The first-order valence-corrected chi connectivity index (χ1v) is 5.29. The van der Waals surface area contributed by atoms with Gasteiger partial charge in [-0.1, -0.05) is 6.07 Å². The molecule has 0 bridgehead atoms. The molecule has 1 aromatic carbocycles. The molecule has 0 fully saturated rings. The van der Waals surface area contributed by atoms with Gasteiger partial charge < -0.3 is 4.74 Å². The van der Waals surface area contributed by atoms with Crippen LogP contribution in [0.3, 0.4) is 0 Å². The molecule has 0 aliphatic carbocycles. The molecule has 0 atom stereocenters. The Balaban J connectivity index is 2.71. The topological polar surface area (TPSA) is 26.3 Å². The maximum absolute atomic E-state index is 12.0. The summed E-state index contributed by atoms with van der Waals surface area (Å²) in [5.41, 5.74) is 0.245. The minimum atomic E-state index is -4.22. The molecule has 2 nitrogen and oxygen atoms in total. The van der Waals surface area contributed by atoms with Gasteiger partial charge in [0.15, 0.2) is 0 Å². The molecule has 0 radical (unpaired) electrons. The van der Waals surface area contributed by atoms with E-state index in [4.69, 9.17) is 0 Å². The van der Waals surface area contributed by atoms with Crippen LogP contribution in [0, 0.1) is 0 Å². The first-order valence-electron chi connectivity index (χ1n) is 4.30. The lowest BCUT2D eigenvalue weighted by molar-refractivity contribution is -0.105. The first-order chi connectivity index (χ1) is 7.42. The van der Waals surface area contributed by atoms with E-state index in [1.807, 2.05) is 0 Å². The van der Waals surface area contributed by atoms with E-state index in [0.717, 1.165) is 0 Å². The van der Waals surface area contributed by atoms with Gasteiger partial charge in [0.25, 0.3) is 0 Å². The van der Waals surface area contributed by atoms with Crippen molar-refractivity contribution in [3.05, 3.63) is 29.8 Å². The van der Waals surface area contributed by atoms with Crippen molar-refractivity contribution in [3.63, 3.8) is 0 Å². The largest absolute Gasteiger partial charge is 0.465 e. The fourth-order valence-electron chi connectivity index (χ4n) is 0.996. The number of thioether (sulfide) groups is 1. The number of rotatable bonds is 3.